The van der Waals surface area contributed by atoms with E-state index in [0.29, 0.717) is 36.2 Å². The molecule has 2 rings (SSSR count). The van der Waals surface area contributed by atoms with Crippen molar-refractivity contribution >= 4 is 21.6 Å². The summed E-state index contributed by atoms with van der Waals surface area (Å²) >= 11 is 6.09. The normalized spacial score (nSPS) is 11.3. The smallest absolute Gasteiger partial charge is 0.244 e. The number of halogens is 1. The monoisotopic (exact) mass is 427 g/mol. The molecule has 0 aromatic heterocycles. The Balaban J connectivity index is 2.12. The molecule has 6 nitrogen and oxygen atoms in total. The summed E-state index contributed by atoms with van der Waals surface area (Å²) in [5, 5.41) is 0.369. The Morgan fingerprint density at radius 1 is 1.00 bits per heavy atom. The van der Waals surface area contributed by atoms with Gasteiger partial charge in [0.2, 0.25) is 10.0 Å². The molecule has 0 unspecified atom stereocenters. The van der Waals surface area contributed by atoms with E-state index in [1.165, 1.54) is 13.2 Å². The molecular formula is C20H26ClNO5S. The molecule has 2 aromatic carbocycles. The van der Waals surface area contributed by atoms with E-state index in [9.17, 15) is 8.42 Å². The zero-order valence-corrected chi connectivity index (χ0v) is 18.1. The van der Waals surface area contributed by atoms with Gasteiger partial charge in [-0.15, -0.1) is 0 Å². The van der Waals surface area contributed by atoms with Gasteiger partial charge in [0, 0.05) is 11.6 Å². The summed E-state index contributed by atoms with van der Waals surface area (Å²) in [4.78, 5) is 0.0206. The van der Waals surface area contributed by atoms with Crippen LogP contribution < -0.4 is 18.9 Å². The molecule has 0 atom stereocenters. The predicted molar refractivity (Wildman–Crippen MR) is 110 cm³/mol. The standard InChI is InChI=1S/C20H26ClNO5S/c1-5-26-17-8-7-15(12-18(17)27-6-2)9-10-22-28(23,24)20-13-16(21)14(3)11-19(20)25-4/h7-8,11-13,22H,5-6,9-10H2,1-4H3. The molecule has 0 fully saturated rings. The van der Waals surface area contributed by atoms with Crippen LogP contribution in [-0.4, -0.2) is 35.3 Å². The van der Waals surface area contributed by atoms with E-state index in [1.807, 2.05) is 32.0 Å². The Labute approximate surface area is 171 Å². The molecule has 28 heavy (non-hydrogen) atoms. The molecule has 0 bridgehead atoms. The van der Waals surface area contributed by atoms with E-state index in [-0.39, 0.29) is 17.2 Å². The van der Waals surface area contributed by atoms with Crippen LogP contribution in [0, 0.1) is 6.92 Å². The van der Waals surface area contributed by atoms with Crippen LogP contribution in [0.15, 0.2) is 35.2 Å². The fraction of sp³-hybridized carbons (Fsp3) is 0.400. The average Bonchev–Trinajstić information content (AvgIpc) is 2.65. The molecule has 8 heteroatoms. The number of rotatable bonds is 10. The van der Waals surface area contributed by atoms with Crippen molar-refractivity contribution in [3.8, 4) is 17.2 Å². The van der Waals surface area contributed by atoms with Crippen LogP contribution >= 0.6 is 11.6 Å². The van der Waals surface area contributed by atoms with Gasteiger partial charge in [0.25, 0.3) is 0 Å². The van der Waals surface area contributed by atoms with Crippen molar-refractivity contribution in [1.82, 2.24) is 4.72 Å². The third-order valence-electron chi connectivity index (χ3n) is 4.05. The van der Waals surface area contributed by atoms with Gasteiger partial charge in [-0.2, -0.15) is 0 Å². The summed E-state index contributed by atoms with van der Waals surface area (Å²) in [7, 11) is -2.34. The van der Waals surface area contributed by atoms with Crippen molar-refractivity contribution in [3.63, 3.8) is 0 Å². The van der Waals surface area contributed by atoms with Crippen LogP contribution in [0.2, 0.25) is 5.02 Å². The van der Waals surface area contributed by atoms with Gasteiger partial charge >= 0.3 is 0 Å². The summed E-state index contributed by atoms with van der Waals surface area (Å²) in [6.45, 7) is 6.87. The Morgan fingerprint density at radius 2 is 1.68 bits per heavy atom. The summed E-state index contributed by atoms with van der Waals surface area (Å²) in [5.74, 6) is 1.58. The van der Waals surface area contributed by atoms with Gasteiger partial charge in [-0.3, -0.25) is 0 Å². The van der Waals surface area contributed by atoms with Gasteiger partial charge < -0.3 is 14.2 Å². The lowest BCUT2D eigenvalue weighted by Crippen LogP contribution is -2.26. The second kappa shape index (κ2) is 10.0. The van der Waals surface area contributed by atoms with Gasteiger partial charge in [0.1, 0.15) is 10.6 Å². The lowest BCUT2D eigenvalue weighted by Gasteiger charge is -2.14. The first-order chi connectivity index (χ1) is 13.3. The third-order valence-corrected chi connectivity index (χ3v) is 5.94. The van der Waals surface area contributed by atoms with Crippen molar-refractivity contribution in [3.05, 3.63) is 46.5 Å². The Bertz CT molecular complexity index is 915. The lowest BCUT2D eigenvalue weighted by molar-refractivity contribution is 0.287. The first-order valence-electron chi connectivity index (χ1n) is 9.04. The van der Waals surface area contributed by atoms with Crippen LogP contribution in [0.5, 0.6) is 17.2 Å². The summed E-state index contributed by atoms with van der Waals surface area (Å²) in [6.07, 6.45) is 0.494. The predicted octanol–water partition coefficient (Wildman–Crippen LogP) is 3.98. The van der Waals surface area contributed by atoms with Crippen molar-refractivity contribution in [2.24, 2.45) is 0 Å². The van der Waals surface area contributed by atoms with Crippen LogP contribution in [0.4, 0.5) is 0 Å². The largest absolute Gasteiger partial charge is 0.495 e. The maximum absolute atomic E-state index is 12.7. The summed E-state index contributed by atoms with van der Waals surface area (Å²) < 4.78 is 44.3. The number of sulfonamides is 1. The zero-order chi connectivity index (χ0) is 20.7. The van der Waals surface area contributed by atoms with Crippen molar-refractivity contribution in [1.29, 1.82) is 0 Å². The Hall–Kier alpha value is -1.96. The highest BCUT2D eigenvalue weighted by molar-refractivity contribution is 7.89. The number of aryl methyl sites for hydroxylation is 1. The third kappa shape index (κ3) is 5.53. The number of ether oxygens (including phenoxy) is 3. The van der Waals surface area contributed by atoms with E-state index in [0.717, 1.165) is 11.1 Å². The van der Waals surface area contributed by atoms with Crippen LogP contribution in [-0.2, 0) is 16.4 Å². The molecule has 0 radical (unpaired) electrons. The van der Waals surface area contributed by atoms with Crippen LogP contribution in [0.3, 0.4) is 0 Å². The molecule has 0 aliphatic carbocycles. The minimum absolute atomic E-state index is 0.0206. The number of hydrogen-bond donors (Lipinski definition) is 1. The van der Waals surface area contributed by atoms with Crippen LogP contribution in [0.25, 0.3) is 0 Å². The topological polar surface area (TPSA) is 73.9 Å². The van der Waals surface area contributed by atoms with Crippen LogP contribution in [0.1, 0.15) is 25.0 Å². The zero-order valence-electron chi connectivity index (χ0n) is 16.5. The molecule has 0 aliphatic rings. The molecule has 1 N–H and O–H groups in total. The van der Waals surface area contributed by atoms with E-state index in [1.54, 1.807) is 13.0 Å². The number of hydrogen-bond acceptors (Lipinski definition) is 5. The quantitative estimate of drug-likeness (QED) is 0.620. The van der Waals surface area contributed by atoms with Crippen molar-refractivity contribution in [2.45, 2.75) is 32.1 Å². The van der Waals surface area contributed by atoms with Gasteiger partial charge in [-0.1, -0.05) is 17.7 Å². The molecule has 2 aromatic rings. The van der Waals surface area contributed by atoms with Crippen molar-refractivity contribution in [2.75, 3.05) is 26.9 Å². The maximum Gasteiger partial charge on any atom is 0.244 e. The van der Waals surface area contributed by atoms with Gasteiger partial charge in [-0.25, -0.2) is 13.1 Å². The number of benzene rings is 2. The first kappa shape index (κ1) is 22.3. The molecular weight excluding hydrogens is 402 g/mol. The highest BCUT2D eigenvalue weighted by Crippen LogP contribution is 2.30. The fourth-order valence-corrected chi connectivity index (χ4v) is 4.10. The highest BCUT2D eigenvalue weighted by Gasteiger charge is 2.21. The van der Waals surface area contributed by atoms with E-state index in [2.05, 4.69) is 4.72 Å². The highest BCUT2D eigenvalue weighted by atomic mass is 35.5. The van der Waals surface area contributed by atoms with Crippen molar-refractivity contribution < 1.29 is 22.6 Å². The minimum Gasteiger partial charge on any atom is -0.495 e. The summed E-state index contributed by atoms with van der Waals surface area (Å²) in [6, 6.07) is 8.61. The maximum atomic E-state index is 12.7. The molecule has 0 heterocycles. The van der Waals surface area contributed by atoms with Gasteiger partial charge in [-0.05, 0) is 62.6 Å². The van der Waals surface area contributed by atoms with Gasteiger partial charge in [0.15, 0.2) is 11.5 Å². The van der Waals surface area contributed by atoms with E-state index >= 15 is 0 Å². The van der Waals surface area contributed by atoms with E-state index in [4.69, 9.17) is 25.8 Å². The number of nitrogens with one attached hydrogen (secondary N) is 1. The van der Waals surface area contributed by atoms with E-state index < -0.39 is 10.0 Å². The molecule has 0 spiro atoms. The molecule has 154 valence electrons. The second-order valence-electron chi connectivity index (χ2n) is 6.05. The average molecular weight is 428 g/mol. The minimum atomic E-state index is -3.76. The number of methoxy groups -OCH3 is 1. The molecule has 0 saturated heterocycles. The van der Waals surface area contributed by atoms with Gasteiger partial charge in [0.05, 0.1) is 20.3 Å². The fourth-order valence-electron chi connectivity index (χ4n) is 2.66. The molecule has 0 saturated carbocycles. The Kier molecular flexibility index (Phi) is 7.98. The second-order valence-corrected chi connectivity index (χ2v) is 8.19. The molecule has 0 amide bonds. The lowest BCUT2D eigenvalue weighted by atomic mass is 10.1. The first-order valence-corrected chi connectivity index (χ1v) is 10.9. The Morgan fingerprint density at radius 3 is 2.32 bits per heavy atom. The molecule has 0 aliphatic heterocycles. The SMILES string of the molecule is CCOc1ccc(CCNS(=O)(=O)c2cc(Cl)c(C)cc2OC)cc1OCC. The summed E-state index contributed by atoms with van der Waals surface area (Å²) in [5.41, 5.74) is 1.68.